The molecule has 5 heteroatoms. The Morgan fingerprint density at radius 1 is 1.19 bits per heavy atom. The normalized spacial score (nSPS) is 12.0. The van der Waals surface area contributed by atoms with Crippen LogP contribution < -0.4 is 16.6 Å². The lowest BCUT2D eigenvalue weighted by Crippen LogP contribution is -2.16. The number of rotatable bonds is 6. The molecule has 1 aromatic carbocycles. The minimum absolute atomic E-state index is 0.169. The van der Waals surface area contributed by atoms with Gasteiger partial charge in [-0.3, -0.25) is 0 Å². The number of hydrogen-bond acceptors (Lipinski definition) is 5. The molecule has 0 aliphatic carbocycles. The molecule has 1 atom stereocenters. The van der Waals surface area contributed by atoms with Gasteiger partial charge in [-0.2, -0.15) is 0 Å². The Labute approximate surface area is 126 Å². The van der Waals surface area contributed by atoms with Gasteiger partial charge in [0.15, 0.2) is 0 Å². The minimum Gasteiger partial charge on any atom is -0.363 e. The Hall–Kier alpha value is -2.14. The molecule has 0 saturated heterocycles. The van der Waals surface area contributed by atoms with Crippen LogP contribution in [-0.2, 0) is 6.42 Å². The summed E-state index contributed by atoms with van der Waals surface area (Å²) in [6.45, 7) is 6.38. The third-order valence-electron chi connectivity index (χ3n) is 3.59. The molecule has 1 unspecified atom stereocenters. The molecule has 0 spiro atoms. The fourth-order valence-electron chi connectivity index (χ4n) is 2.50. The van der Waals surface area contributed by atoms with Gasteiger partial charge in [-0.25, -0.2) is 15.8 Å². The lowest BCUT2D eigenvalue weighted by Gasteiger charge is -2.20. The maximum Gasteiger partial charge on any atom is 0.148 e. The molecule has 0 aliphatic rings. The second kappa shape index (κ2) is 7.04. The summed E-state index contributed by atoms with van der Waals surface area (Å²) in [5, 5.41) is 3.48. The van der Waals surface area contributed by atoms with E-state index < -0.39 is 0 Å². The van der Waals surface area contributed by atoms with Crippen LogP contribution in [0.4, 0.5) is 11.6 Å². The van der Waals surface area contributed by atoms with Crippen molar-refractivity contribution < 1.29 is 0 Å². The van der Waals surface area contributed by atoms with E-state index >= 15 is 0 Å². The molecular weight excluding hydrogens is 262 g/mol. The van der Waals surface area contributed by atoms with Gasteiger partial charge in [0.25, 0.3) is 0 Å². The van der Waals surface area contributed by atoms with E-state index in [0.717, 1.165) is 24.2 Å². The highest BCUT2D eigenvalue weighted by Crippen LogP contribution is 2.26. The highest BCUT2D eigenvalue weighted by atomic mass is 15.3. The number of nitrogens with one attached hydrogen (secondary N) is 2. The van der Waals surface area contributed by atoms with Crippen molar-refractivity contribution in [2.75, 3.05) is 10.7 Å². The van der Waals surface area contributed by atoms with E-state index in [2.05, 4.69) is 65.7 Å². The van der Waals surface area contributed by atoms with Gasteiger partial charge in [0.2, 0.25) is 0 Å². The number of nitrogens with two attached hydrogens (primary N) is 1. The average molecular weight is 285 g/mol. The van der Waals surface area contributed by atoms with Crippen molar-refractivity contribution in [3.63, 3.8) is 0 Å². The summed E-state index contributed by atoms with van der Waals surface area (Å²) in [5.74, 6) is 7.08. The molecule has 5 nitrogen and oxygen atoms in total. The predicted molar refractivity (Wildman–Crippen MR) is 87.1 cm³/mol. The number of hydrazine groups is 1. The van der Waals surface area contributed by atoms with Crippen molar-refractivity contribution >= 4 is 11.6 Å². The van der Waals surface area contributed by atoms with E-state index in [9.17, 15) is 0 Å². The monoisotopic (exact) mass is 285 g/mol. The standard InChI is InChI=1S/C16H23N5/c1-4-7-14-15(18-10-19-16(14)21-17)20-12(3)13-9-6-5-8-11(13)2/h5-6,8-10,12H,4,7,17H2,1-3H3,(H2,18,19,20,21). The summed E-state index contributed by atoms with van der Waals surface area (Å²) in [6.07, 6.45) is 3.42. The molecule has 0 aliphatic heterocycles. The van der Waals surface area contributed by atoms with Crippen molar-refractivity contribution in [2.24, 2.45) is 5.84 Å². The number of nitrogens with zero attached hydrogens (tertiary/aromatic N) is 2. The van der Waals surface area contributed by atoms with Gasteiger partial charge in [-0.15, -0.1) is 0 Å². The van der Waals surface area contributed by atoms with Crippen LogP contribution in [0.5, 0.6) is 0 Å². The number of aryl methyl sites for hydroxylation is 1. The topological polar surface area (TPSA) is 75.9 Å². The number of anilines is 2. The van der Waals surface area contributed by atoms with Crippen LogP contribution in [0.15, 0.2) is 30.6 Å². The van der Waals surface area contributed by atoms with E-state index in [-0.39, 0.29) is 6.04 Å². The highest BCUT2D eigenvalue weighted by Gasteiger charge is 2.14. The van der Waals surface area contributed by atoms with Crippen molar-refractivity contribution in [2.45, 2.75) is 39.7 Å². The first kappa shape index (κ1) is 15.3. The van der Waals surface area contributed by atoms with E-state index in [4.69, 9.17) is 5.84 Å². The Kier molecular flexibility index (Phi) is 5.11. The molecule has 4 N–H and O–H groups in total. The number of nitrogen functional groups attached to an aromatic ring is 1. The first-order valence-electron chi connectivity index (χ1n) is 7.29. The highest BCUT2D eigenvalue weighted by molar-refractivity contribution is 5.57. The summed E-state index contributed by atoms with van der Waals surface area (Å²) < 4.78 is 0. The van der Waals surface area contributed by atoms with Crippen molar-refractivity contribution in [1.82, 2.24) is 9.97 Å². The molecule has 0 amide bonds. The van der Waals surface area contributed by atoms with Gasteiger partial charge >= 0.3 is 0 Å². The van der Waals surface area contributed by atoms with Crippen LogP contribution >= 0.6 is 0 Å². The molecule has 0 fully saturated rings. The molecule has 21 heavy (non-hydrogen) atoms. The Bertz CT molecular complexity index is 597. The fraction of sp³-hybridized carbons (Fsp3) is 0.375. The Balaban J connectivity index is 2.29. The van der Waals surface area contributed by atoms with Gasteiger partial charge in [0.1, 0.15) is 18.0 Å². The first-order valence-corrected chi connectivity index (χ1v) is 7.29. The number of benzene rings is 1. The molecule has 112 valence electrons. The van der Waals surface area contributed by atoms with E-state index in [1.807, 2.05) is 0 Å². The average Bonchev–Trinajstić information content (AvgIpc) is 2.49. The van der Waals surface area contributed by atoms with Gasteiger partial charge in [0, 0.05) is 5.56 Å². The van der Waals surface area contributed by atoms with Gasteiger partial charge in [-0.1, -0.05) is 37.6 Å². The molecule has 0 radical (unpaired) electrons. The summed E-state index contributed by atoms with van der Waals surface area (Å²) >= 11 is 0. The maximum absolute atomic E-state index is 5.55. The largest absolute Gasteiger partial charge is 0.363 e. The third-order valence-corrected chi connectivity index (χ3v) is 3.59. The van der Waals surface area contributed by atoms with Gasteiger partial charge in [-0.05, 0) is 31.4 Å². The summed E-state index contributed by atoms with van der Waals surface area (Å²) in [7, 11) is 0. The lowest BCUT2D eigenvalue weighted by atomic mass is 10.0. The van der Waals surface area contributed by atoms with E-state index in [0.29, 0.717) is 5.82 Å². The molecule has 0 bridgehead atoms. The van der Waals surface area contributed by atoms with Crippen molar-refractivity contribution in [1.29, 1.82) is 0 Å². The van der Waals surface area contributed by atoms with Crippen LogP contribution in [0.3, 0.4) is 0 Å². The van der Waals surface area contributed by atoms with Crippen LogP contribution in [0, 0.1) is 6.92 Å². The number of hydrogen-bond donors (Lipinski definition) is 3. The smallest absolute Gasteiger partial charge is 0.148 e. The van der Waals surface area contributed by atoms with Crippen molar-refractivity contribution in [3.05, 3.63) is 47.3 Å². The summed E-state index contributed by atoms with van der Waals surface area (Å²) in [4.78, 5) is 8.57. The first-order chi connectivity index (χ1) is 10.2. The zero-order valence-corrected chi connectivity index (χ0v) is 12.9. The Morgan fingerprint density at radius 2 is 1.90 bits per heavy atom. The van der Waals surface area contributed by atoms with E-state index in [1.54, 1.807) is 0 Å². The van der Waals surface area contributed by atoms with Gasteiger partial charge in [0.05, 0.1) is 6.04 Å². The SMILES string of the molecule is CCCc1c(NN)ncnc1NC(C)c1ccccc1C. The van der Waals surface area contributed by atoms with Crippen molar-refractivity contribution in [3.8, 4) is 0 Å². The summed E-state index contributed by atoms with van der Waals surface area (Å²) in [5.41, 5.74) is 6.21. The van der Waals surface area contributed by atoms with E-state index in [1.165, 1.54) is 17.5 Å². The Morgan fingerprint density at radius 3 is 2.57 bits per heavy atom. The number of aromatic nitrogens is 2. The quantitative estimate of drug-likeness (QED) is 0.561. The minimum atomic E-state index is 0.169. The molecule has 0 saturated carbocycles. The van der Waals surface area contributed by atoms with Crippen LogP contribution in [-0.4, -0.2) is 9.97 Å². The lowest BCUT2D eigenvalue weighted by molar-refractivity contribution is 0.841. The van der Waals surface area contributed by atoms with Gasteiger partial charge < -0.3 is 10.7 Å². The zero-order chi connectivity index (χ0) is 15.2. The van der Waals surface area contributed by atoms with Crippen LogP contribution in [0.2, 0.25) is 0 Å². The molecule has 2 aromatic rings. The molecule has 2 rings (SSSR count). The van der Waals surface area contributed by atoms with Crippen LogP contribution in [0.25, 0.3) is 0 Å². The molecule has 1 heterocycles. The van der Waals surface area contributed by atoms with Crippen LogP contribution in [0.1, 0.15) is 43.0 Å². The maximum atomic E-state index is 5.55. The third kappa shape index (κ3) is 3.49. The molecule has 1 aromatic heterocycles. The fourth-order valence-corrected chi connectivity index (χ4v) is 2.50. The zero-order valence-electron chi connectivity index (χ0n) is 12.9. The second-order valence-corrected chi connectivity index (χ2v) is 5.17. The second-order valence-electron chi connectivity index (χ2n) is 5.17. The summed E-state index contributed by atoms with van der Waals surface area (Å²) in [6, 6.07) is 8.53. The predicted octanol–water partition coefficient (Wildman–Crippen LogP) is 3.20. The molecular formula is C16H23N5.